The van der Waals surface area contributed by atoms with Crippen molar-refractivity contribution in [1.82, 2.24) is 4.57 Å². The first kappa shape index (κ1) is 33.9. The van der Waals surface area contributed by atoms with Crippen LogP contribution in [0.2, 0.25) is 0 Å². The van der Waals surface area contributed by atoms with E-state index in [4.69, 9.17) is 0 Å². The molecule has 0 saturated carbocycles. The van der Waals surface area contributed by atoms with Crippen molar-refractivity contribution in [3.8, 4) is 27.9 Å². The van der Waals surface area contributed by atoms with Gasteiger partial charge in [0, 0.05) is 33.2 Å². The van der Waals surface area contributed by atoms with Gasteiger partial charge in [-0.3, -0.25) is 0 Å². The van der Waals surface area contributed by atoms with Gasteiger partial charge in [-0.2, -0.15) is 0 Å². The maximum Gasteiger partial charge on any atom is 0.0782 e. The number of aromatic nitrogens is 1. The lowest BCUT2D eigenvalue weighted by Crippen LogP contribution is -2.43. The zero-order valence-corrected chi connectivity index (χ0v) is 33.6. The molecule has 0 unspecified atom stereocenters. The molecule has 2 heteroatoms. The first-order chi connectivity index (χ1) is 27.6. The van der Waals surface area contributed by atoms with Gasteiger partial charge in [0.1, 0.15) is 0 Å². The van der Waals surface area contributed by atoms with Gasteiger partial charge in [0.15, 0.2) is 0 Å². The molecule has 2 nitrogen and oxygen atoms in total. The summed E-state index contributed by atoms with van der Waals surface area (Å²) in [7, 11) is 0. The normalized spacial score (nSPS) is 15.6. The Hall–Kier alpha value is -6.38. The zero-order chi connectivity index (χ0) is 38.8. The molecule has 0 fully saturated rings. The number of hydrogen-bond acceptors (Lipinski definition) is 1. The fraction of sp³-hybridized carbons (Fsp3) is 0.164. The number of anilines is 3. The van der Waals surface area contributed by atoms with E-state index in [9.17, 15) is 0 Å². The SMILES string of the molecule is CC1(C)c2ccccc2-c2c1ccc1cc(N(c3ccc4c(c3)C(C)(C)C(C)(C)c3ccccc3-4)c3cccc4c5ccccc5n(-c5ccccc5)c34)ccc21. The molecule has 11 rings (SSSR count). The van der Waals surface area contributed by atoms with Crippen LogP contribution in [-0.4, -0.2) is 4.57 Å². The lowest BCUT2D eigenvalue weighted by Gasteiger charge is -2.48. The summed E-state index contributed by atoms with van der Waals surface area (Å²) in [5.74, 6) is 0. The molecular formula is C55H46N2. The average Bonchev–Trinajstić information content (AvgIpc) is 3.70. The molecule has 276 valence electrons. The van der Waals surface area contributed by atoms with E-state index < -0.39 is 0 Å². The predicted octanol–water partition coefficient (Wildman–Crippen LogP) is 14.9. The second kappa shape index (κ2) is 11.8. The number of rotatable bonds is 4. The van der Waals surface area contributed by atoms with Crippen LogP contribution >= 0.6 is 0 Å². The fourth-order valence-corrected chi connectivity index (χ4v) is 10.5. The van der Waals surface area contributed by atoms with Crippen molar-refractivity contribution in [3.63, 3.8) is 0 Å². The molecule has 2 aliphatic rings. The van der Waals surface area contributed by atoms with Gasteiger partial charge < -0.3 is 9.47 Å². The molecule has 2 aliphatic carbocycles. The van der Waals surface area contributed by atoms with Gasteiger partial charge in [-0.25, -0.2) is 0 Å². The molecule has 0 spiro atoms. The van der Waals surface area contributed by atoms with Crippen molar-refractivity contribution in [2.24, 2.45) is 0 Å². The maximum atomic E-state index is 2.52. The molecule has 0 N–H and O–H groups in total. The Labute approximate surface area is 335 Å². The van der Waals surface area contributed by atoms with Gasteiger partial charge >= 0.3 is 0 Å². The summed E-state index contributed by atoms with van der Waals surface area (Å²) in [5.41, 5.74) is 17.7. The van der Waals surface area contributed by atoms with Gasteiger partial charge in [0.2, 0.25) is 0 Å². The summed E-state index contributed by atoms with van der Waals surface area (Å²) in [4.78, 5) is 2.52. The highest BCUT2D eigenvalue weighted by molar-refractivity contribution is 6.15. The van der Waals surface area contributed by atoms with E-state index in [1.807, 2.05) is 0 Å². The molecule has 0 saturated heterocycles. The van der Waals surface area contributed by atoms with Crippen LogP contribution in [0.15, 0.2) is 170 Å². The highest BCUT2D eigenvalue weighted by atomic mass is 15.2. The summed E-state index contributed by atoms with van der Waals surface area (Å²) in [5, 5.41) is 5.03. The van der Waals surface area contributed by atoms with Gasteiger partial charge in [0.05, 0.1) is 16.7 Å². The largest absolute Gasteiger partial charge is 0.308 e. The second-order valence-electron chi connectivity index (χ2n) is 17.8. The molecule has 0 radical (unpaired) electrons. The number of nitrogens with zero attached hydrogens (tertiary/aromatic N) is 2. The molecule has 8 aromatic carbocycles. The Balaban J connectivity index is 1.21. The van der Waals surface area contributed by atoms with Crippen molar-refractivity contribution >= 4 is 49.6 Å². The minimum Gasteiger partial charge on any atom is -0.308 e. The lowest BCUT2D eigenvalue weighted by atomic mass is 9.55. The smallest absolute Gasteiger partial charge is 0.0782 e. The number of fused-ring (bicyclic) bond motifs is 11. The monoisotopic (exact) mass is 734 g/mol. The Morgan fingerprint density at radius 3 is 1.88 bits per heavy atom. The Morgan fingerprint density at radius 2 is 1.05 bits per heavy atom. The third-order valence-electron chi connectivity index (χ3n) is 14.1. The summed E-state index contributed by atoms with van der Waals surface area (Å²) in [6, 6.07) is 63.6. The van der Waals surface area contributed by atoms with E-state index in [0.29, 0.717) is 0 Å². The zero-order valence-electron chi connectivity index (χ0n) is 33.6. The van der Waals surface area contributed by atoms with Crippen LogP contribution in [0.25, 0.3) is 60.5 Å². The standard InChI is InChI=1S/C55H46N2/c1-53(2)45-23-13-11-21-44(45)51-39-30-28-37(33-35(39)27-32-47(51)53)56(38-29-31-41-40-19-10-14-24-46(40)54(3,4)55(5,6)48(41)34-38)50-26-16-22-43-42-20-12-15-25-49(42)57(52(43)50)36-17-8-7-9-18-36/h7-34H,1-6H3. The molecule has 0 atom stereocenters. The molecule has 0 amide bonds. The molecular weight excluding hydrogens is 689 g/mol. The Morgan fingerprint density at radius 1 is 0.421 bits per heavy atom. The van der Waals surface area contributed by atoms with Crippen LogP contribution < -0.4 is 4.90 Å². The average molecular weight is 735 g/mol. The van der Waals surface area contributed by atoms with Crippen molar-refractivity contribution in [2.75, 3.05) is 4.90 Å². The van der Waals surface area contributed by atoms with Crippen LogP contribution in [0.3, 0.4) is 0 Å². The highest BCUT2D eigenvalue weighted by Crippen LogP contribution is 2.56. The second-order valence-corrected chi connectivity index (χ2v) is 17.8. The van der Waals surface area contributed by atoms with Crippen molar-refractivity contribution in [1.29, 1.82) is 0 Å². The van der Waals surface area contributed by atoms with Crippen molar-refractivity contribution < 1.29 is 0 Å². The number of hydrogen-bond donors (Lipinski definition) is 0. The van der Waals surface area contributed by atoms with Crippen molar-refractivity contribution in [2.45, 2.75) is 57.8 Å². The quantitative estimate of drug-likeness (QED) is 0.175. The topological polar surface area (TPSA) is 8.17 Å². The van der Waals surface area contributed by atoms with E-state index >= 15 is 0 Å². The summed E-state index contributed by atoms with van der Waals surface area (Å²) in [6.07, 6.45) is 0. The third-order valence-corrected chi connectivity index (χ3v) is 14.1. The van der Waals surface area contributed by atoms with Crippen LogP contribution in [0, 0.1) is 0 Å². The molecule has 0 aliphatic heterocycles. The Bertz CT molecular complexity index is 3100. The van der Waals surface area contributed by atoms with E-state index in [1.165, 1.54) is 77.1 Å². The highest BCUT2D eigenvalue weighted by Gasteiger charge is 2.46. The number of para-hydroxylation sites is 3. The van der Waals surface area contributed by atoms with Crippen LogP contribution in [-0.2, 0) is 16.2 Å². The van der Waals surface area contributed by atoms with Gasteiger partial charge in [-0.15, -0.1) is 0 Å². The lowest BCUT2D eigenvalue weighted by molar-refractivity contribution is 0.299. The maximum absolute atomic E-state index is 2.52. The molecule has 0 bridgehead atoms. The van der Waals surface area contributed by atoms with E-state index in [1.54, 1.807) is 0 Å². The first-order valence-electron chi connectivity index (χ1n) is 20.4. The Kier molecular flexibility index (Phi) is 7.03. The summed E-state index contributed by atoms with van der Waals surface area (Å²) >= 11 is 0. The van der Waals surface area contributed by atoms with E-state index in [0.717, 1.165) is 22.7 Å². The van der Waals surface area contributed by atoms with Crippen LogP contribution in [0.1, 0.15) is 63.8 Å². The fourth-order valence-electron chi connectivity index (χ4n) is 10.5. The third kappa shape index (κ3) is 4.59. The summed E-state index contributed by atoms with van der Waals surface area (Å²) < 4.78 is 2.46. The minimum absolute atomic E-state index is 0.0480. The predicted molar refractivity (Wildman–Crippen MR) is 242 cm³/mol. The van der Waals surface area contributed by atoms with Gasteiger partial charge in [0.25, 0.3) is 0 Å². The molecule has 1 aromatic heterocycles. The van der Waals surface area contributed by atoms with Crippen molar-refractivity contribution in [3.05, 3.63) is 192 Å². The first-order valence-corrected chi connectivity index (χ1v) is 20.4. The minimum atomic E-state index is -0.132. The van der Waals surface area contributed by atoms with Gasteiger partial charge in [-0.1, -0.05) is 163 Å². The van der Waals surface area contributed by atoms with Crippen LogP contribution in [0.4, 0.5) is 17.1 Å². The van der Waals surface area contributed by atoms with E-state index in [2.05, 4.69) is 221 Å². The van der Waals surface area contributed by atoms with Crippen LogP contribution in [0.5, 0.6) is 0 Å². The molecule has 1 heterocycles. The molecule has 57 heavy (non-hydrogen) atoms. The summed E-state index contributed by atoms with van der Waals surface area (Å²) in [6.45, 7) is 14.4. The van der Waals surface area contributed by atoms with Gasteiger partial charge in [-0.05, 0) is 115 Å². The number of benzene rings is 8. The van der Waals surface area contributed by atoms with E-state index in [-0.39, 0.29) is 16.2 Å². The molecule has 9 aromatic rings.